The van der Waals surface area contributed by atoms with Gasteiger partial charge in [0.25, 0.3) is 0 Å². The molecule has 4 fully saturated rings. The monoisotopic (exact) mass is 843 g/mol. The van der Waals surface area contributed by atoms with Gasteiger partial charge in [0.05, 0.1) is 6.04 Å². The number of hydrogen-bond acceptors (Lipinski definition) is 3. The average molecular weight is 843 g/mol. The highest BCUT2D eigenvalue weighted by Crippen LogP contribution is 2.55. The summed E-state index contributed by atoms with van der Waals surface area (Å²) in [6, 6.07) is 8.60. The van der Waals surface area contributed by atoms with Crippen LogP contribution in [0.4, 0.5) is 0 Å². The lowest BCUT2D eigenvalue weighted by molar-refractivity contribution is 0.203. The minimum atomic E-state index is 0.383. The molecule has 0 bridgehead atoms. The minimum absolute atomic E-state index is 0.383. The van der Waals surface area contributed by atoms with Crippen molar-refractivity contribution in [1.29, 1.82) is 0 Å². The average Bonchev–Trinajstić information content (AvgIpc) is 4.11. The molecule has 1 radical (unpaired) electrons. The fraction of sp³-hybridized carbons (Fsp3) is 0.695. The predicted octanol–water partition coefficient (Wildman–Crippen LogP) is 13.4. The lowest BCUT2D eigenvalue weighted by Crippen LogP contribution is -2.43. The summed E-state index contributed by atoms with van der Waals surface area (Å²) in [6.45, 7) is 15.9. The number of nitrogens with zero attached hydrogens (tertiary/aromatic N) is 2. The van der Waals surface area contributed by atoms with Crippen LogP contribution in [0.3, 0.4) is 0 Å². The first-order valence-corrected chi connectivity index (χ1v) is 26.9. The van der Waals surface area contributed by atoms with E-state index in [4.69, 9.17) is 9.98 Å². The van der Waals surface area contributed by atoms with Crippen LogP contribution >= 0.6 is 0 Å². The van der Waals surface area contributed by atoms with Crippen molar-refractivity contribution in [2.24, 2.45) is 56.3 Å². The molecule has 10 rings (SSSR count). The lowest BCUT2D eigenvalue weighted by atomic mass is 9.62. The van der Waals surface area contributed by atoms with Crippen molar-refractivity contribution in [3.63, 3.8) is 0 Å². The molecule has 3 nitrogen and oxygen atoms in total. The summed E-state index contributed by atoms with van der Waals surface area (Å²) in [5, 5.41) is 3.88. The summed E-state index contributed by atoms with van der Waals surface area (Å²) in [4.78, 5) is 11.3. The van der Waals surface area contributed by atoms with Crippen LogP contribution in [0.25, 0.3) is 11.1 Å². The van der Waals surface area contributed by atoms with E-state index in [9.17, 15) is 0 Å². The van der Waals surface area contributed by atoms with Gasteiger partial charge in [-0.05, 0) is 200 Å². The quantitative estimate of drug-likeness (QED) is 0.160. The highest BCUT2D eigenvalue weighted by atomic mass is 15.0. The Hall–Kier alpha value is -2.90. The molecule has 2 aromatic rings. The van der Waals surface area contributed by atoms with Crippen LogP contribution in [0.1, 0.15) is 197 Å². The maximum atomic E-state index is 5.82. The van der Waals surface area contributed by atoms with E-state index < -0.39 is 0 Å². The van der Waals surface area contributed by atoms with E-state index >= 15 is 0 Å². The zero-order chi connectivity index (χ0) is 43.3. The van der Waals surface area contributed by atoms with Crippen molar-refractivity contribution in [2.75, 3.05) is 6.54 Å². The molecule has 2 aromatic carbocycles. The Kier molecular flexibility index (Phi) is 12.9. The second kappa shape index (κ2) is 18.4. The Morgan fingerprint density at radius 3 is 2.17 bits per heavy atom. The Morgan fingerprint density at radius 1 is 0.730 bits per heavy atom. The van der Waals surface area contributed by atoms with E-state index in [-0.39, 0.29) is 0 Å². The second-order valence-electron chi connectivity index (χ2n) is 23.2. The van der Waals surface area contributed by atoms with Crippen LogP contribution in [0, 0.1) is 58.2 Å². The predicted molar refractivity (Wildman–Crippen MR) is 269 cm³/mol. The van der Waals surface area contributed by atoms with Gasteiger partial charge in [-0.25, -0.2) is 4.99 Å². The molecule has 8 atom stereocenters. The van der Waals surface area contributed by atoms with Crippen molar-refractivity contribution in [2.45, 2.75) is 208 Å². The zero-order valence-electron chi connectivity index (χ0n) is 40.6. The fourth-order valence-electron chi connectivity index (χ4n) is 15.1. The van der Waals surface area contributed by atoms with Crippen LogP contribution in [-0.2, 0) is 25.7 Å². The SMILES string of the molecule is CC[B]c1cc(C2=NC(C3CCCN3)C(C)C(C)C2)c2c(c1-c1ccc(C#CC3=CCC(CC)C(CC4CCCCC(C)C4C)=N3)c3c1CC1(CCCC1)C3)CC1(CCCCC1)C2. The van der Waals surface area contributed by atoms with Gasteiger partial charge in [0.15, 0.2) is 7.28 Å². The van der Waals surface area contributed by atoms with Gasteiger partial charge in [-0.3, -0.25) is 4.99 Å². The molecule has 2 spiro atoms. The van der Waals surface area contributed by atoms with E-state index in [1.54, 1.807) is 33.4 Å². The van der Waals surface area contributed by atoms with Gasteiger partial charge in [-0.1, -0.05) is 123 Å². The first-order valence-electron chi connectivity index (χ1n) is 26.9. The van der Waals surface area contributed by atoms with Crippen molar-refractivity contribution in [3.8, 4) is 23.0 Å². The van der Waals surface area contributed by atoms with Gasteiger partial charge < -0.3 is 5.32 Å². The summed E-state index contributed by atoms with van der Waals surface area (Å²) >= 11 is 0. The highest BCUT2D eigenvalue weighted by molar-refractivity contribution is 6.55. The molecule has 1 saturated heterocycles. The normalized spacial score (nSPS) is 32.1. The fourth-order valence-corrected chi connectivity index (χ4v) is 15.1. The summed E-state index contributed by atoms with van der Waals surface area (Å²) in [5.74, 6) is 11.8. The van der Waals surface area contributed by atoms with Crippen molar-refractivity contribution in [3.05, 3.63) is 63.4 Å². The number of fused-ring (bicyclic) bond motifs is 2. The van der Waals surface area contributed by atoms with Crippen LogP contribution in [0.5, 0.6) is 0 Å². The van der Waals surface area contributed by atoms with E-state index in [1.165, 1.54) is 163 Å². The molecule has 3 saturated carbocycles. The van der Waals surface area contributed by atoms with E-state index in [0.717, 1.165) is 49.2 Å². The highest BCUT2D eigenvalue weighted by Gasteiger charge is 2.45. The molecule has 3 heterocycles. The van der Waals surface area contributed by atoms with Crippen molar-refractivity contribution < 1.29 is 0 Å². The maximum absolute atomic E-state index is 5.82. The van der Waals surface area contributed by atoms with Crippen molar-refractivity contribution in [1.82, 2.24) is 5.32 Å². The number of nitrogens with one attached hydrogen (secondary N) is 1. The smallest absolute Gasteiger partial charge is 0.152 e. The van der Waals surface area contributed by atoms with Crippen LogP contribution in [0.2, 0.25) is 6.32 Å². The molecule has 5 aliphatic carbocycles. The number of rotatable bonds is 8. The van der Waals surface area contributed by atoms with E-state index in [1.807, 2.05) is 0 Å². The molecule has 4 heteroatoms. The molecule has 335 valence electrons. The third-order valence-electron chi connectivity index (χ3n) is 19.3. The third kappa shape index (κ3) is 8.55. The van der Waals surface area contributed by atoms with Gasteiger partial charge in [-0.15, -0.1) is 0 Å². The van der Waals surface area contributed by atoms with Crippen LogP contribution in [0.15, 0.2) is 40.0 Å². The number of allylic oxidation sites excluding steroid dienone is 2. The third-order valence-corrected chi connectivity index (χ3v) is 19.3. The Morgan fingerprint density at radius 2 is 1.44 bits per heavy atom. The standard InChI is InChI=1S/C59H81BN3/c1-7-42-20-23-45(62-54(42)32-44-18-11-10-17-38(3)40(44)5)24-21-43-22-25-46(49-35-58(34-48(43)49)28-14-15-29-58)56-51-37-59(26-12-9-13-27-59)36-50(51)47(33-52(56)60-8-2)55-31-39(4)41(6)57(63-55)53-19-16-30-61-53/h22-23,25,33,38-42,44,53,57,61H,7-20,26-32,34-37H2,1-6H3. The van der Waals surface area contributed by atoms with E-state index in [2.05, 4.69) is 90.3 Å². The molecule has 3 aliphatic heterocycles. The summed E-state index contributed by atoms with van der Waals surface area (Å²) < 4.78 is 0. The molecule has 1 N–H and O–H groups in total. The molecular weight excluding hydrogens is 761 g/mol. The Labute approximate surface area is 384 Å². The Bertz CT molecular complexity index is 2180. The molecule has 0 aromatic heterocycles. The topological polar surface area (TPSA) is 36.8 Å². The zero-order valence-corrected chi connectivity index (χ0v) is 40.6. The molecule has 63 heavy (non-hydrogen) atoms. The van der Waals surface area contributed by atoms with Gasteiger partial charge in [0.1, 0.15) is 5.70 Å². The summed E-state index contributed by atoms with van der Waals surface area (Å²) in [5.41, 5.74) is 18.7. The first kappa shape index (κ1) is 44.0. The van der Waals surface area contributed by atoms with Gasteiger partial charge in [0, 0.05) is 28.9 Å². The maximum Gasteiger partial charge on any atom is 0.152 e. The molecule has 8 unspecified atom stereocenters. The van der Waals surface area contributed by atoms with Crippen molar-refractivity contribution >= 4 is 24.2 Å². The Balaban J connectivity index is 1.06. The summed E-state index contributed by atoms with van der Waals surface area (Å²) in [6.07, 6.45) is 33.4. The number of hydrogen-bond donors (Lipinski definition) is 1. The van der Waals surface area contributed by atoms with E-state index in [0.29, 0.717) is 40.7 Å². The van der Waals surface area contributed by atoms with Crippen LogP contribution in [-0.4, -0.2) is 37.3 Å². The number of benzene rings is 2. The van der Waals surface area contributed by atoms with Crippen LogP contribution < -0.4 is 10.8 Å². The van der Waals surface area contributed by atoms with Gasteiger partial charge in [0.2, 0.25) is 0 Å². The lowest BCUT2D eigenvalue weighted by Gasteiger charge is -2.36. The number of aliphatic imine (C=N–C) groups is 2. The molecular formula is C59H81BN3. The molecule has 0 amide bonds. The largest absolute Gasteiger partial charge is 0.312 e. The molecule has 8 aliphatic rings. The second-order valence-corrected chi connectivity index (χ2v) is 23.2. The van der Waals surface area contributed by atoms with Gasteiger partial charge in [-0.2, -0.15) is 0 Å². The van der Waals surface area contributed by atoms with Gasteiger partial charge >= 0.3 is 0 Å². The first-order chi connectivity index (χ1) is 30.7. The minimum Gasteiger partial charge on any atom is -0.312 e. The summed E-state index contributed by atoms with van der Waals surface area (Å²) in [7, 11) is 2.59.